The molecule has 0 fully saturated rings. The quantitative estimate of drug-likeness (QED) is 0.363. The lowest BCUT2D eigenvalue weighted by Gasteiger charge is -2.14. The van der Waals surface area contributed by atoms with Crippen LogP contribution in [-0.2, 0) is 0 Å². The van der Waals surface area contributed by atoms with Crippen molar-refractivity contribution in [2.75, 3.05) is 19.0 Å². The molecule has 3 rings (SSSR count). The number of aromatic nitrogens is 1. The number of ketones is 1. The van der Waals surface area contributed by atoms with Crippen LogP contribution < -0.4 is 4.90 Å². The van der Waals surface area contributed by atoms with E-state index < -0.39 is 0 Å². The van der Waals surface area contributed by atoms with Crippen LogP contribution in [-0.4, -0.2) is 24.4 Å². The van der Waals surface area contributed by atoms with Gasteiger partial charge in [0.05, 0.1) is 0 Å². The summed E-state index contributed by atoms with van der Waals surface area (Å²) in [4.78, 5) is 14.7. The normalized spacial score (nSPS) is 11.2. The maximum Gasteiger partial charge on any atom is 0.203 e. The van der Waals surface area contributed by atoms with E-state index in [2.05, 4.69) is 39.8 Å². The molecule has 28 heavy (non-hydrogen) atoms. The Morgan fingerprint density at radius 2 is 1.68 bits per heavy atom. The molecule has 0 spiro atoms. The van der Waals surface area contributed by atoms with E-state index in [9.17, 15) is 10.1 Å². The largest absolute Gasteiger partial charge is 0.378 e. The number of carbonyl (C=O) groups excluding carboxylic acids is 1. The molecule has 0 atom stereocenters. The third-order valence-corrected chi connectivity index (χ3v) is 4.80. The maximum absolute atomic E-state index is 12.7. The number of hydrogen-bond acceptors (Lipinski definition) is 3. The average molecular weight is 369 g/mol. The van der Waals surface area contributed by atoms with Gasteiger partial charge in [0.15, 0.2) is 0 Å². The van der Waals surface area contributed by atoms with Gasteiger partial charge in [0.1, 0.15) is 11.6 Å². The Bertz CT molecular complexity index is 1070. The second-order valence-electron chi connectivity index (χ2n) is 6.94. The van der Waals surface area contributed by atoms with Gasteiger partial charge in [-0.05, 0) is 55.8 Å². The second kappa shape index (κ2) is 7.98. The Morgan fingerprint density at radius 1 is 1.04 bits per heavy atom. The number of nitriles is 1. The highest BCUT2D eigenvalue weighted by molar-refractivity contribution is 6.14. The van der Waals surface area contributed by atoms with E-state index >= 15 is 0 Å². The first-order chi connectivity index (χ1) is 13.4. The van der Waals surface area contributed by atoms with E-state index in [0.29, 0.717) is 5.56 Å². The molecule has 0 saturated heterocycles. The lowest BCUT2D eigenvalue weighted by molar-refractivity contribution is 0.104. The van der Waals surface area contributed by atoms with Gasteiger partial charge in [-0.1, -0.05) is 30.3 Å². The summed E-state index contributed by atoms with van der Waals surface area (Å²) >= 11 is 0. The van der Waals surface area contributed by atoms with Crippen molar-refractivity contribution >= 4 is 17.5 Å². The molecule has 0 aliphatic rings. The highest BCUT2D eigenvalue weighted by Gasteiger charge is 2.15. The fraction of sp³-hybridized carbons (Fsp3) is 0.167. The van der Waals surface area contributed by atoms with Gasteiger partial charge in [-0.25, -0.2) is 0 Å². The van der Waals surface area contributed by atoms with Crippen LogP contribution in [0.2, 0.25) is 0 Å². The van der Waals surface area contributed by atoms with Gasteiger partial charge < -0.3 is 9.47 Å². The molecule has 4 heteroatoms. The van der Waals surface area contributed by atoms with Gasteiger partial charge in [0.25, 0.3) is 0 Å². The number of hydrogen-bond donors (Lipinski definition) is 0. The highest BCUT2D eigenvalue weighted by Crippen LogP contribution is 2.25. The number of aryl methyl sites for hydroxylation is 1. The molecular formula is C24H23N3O. The number of allylic oxidation sites excluding steroid dienone is 1. The zero-order chi connectivity index (χ0) is 20.3. The van der Waals surface area contributed by atoms with Crippen LogP contribution in [0.1, 0.15) is 27.3 Å². The van der Waals surface area contributed by atoms with E-state index in [1.807, 2.05) is 40.1 Å². The molecule has 0 radical (unpaired) electrons. The molecule has 0 amide bonds. The van der Waals surface area contributed by atoms with Crippen LogP contribution in [0.4, 0.5) is 5.69 Å². The van der Waals surface area contributed by atoms with Crippen LogP contribution >= 0.6 is 0 Å². The van der Waals surface area contributed by atoms with Gasteiger partial charge in [0, 0.05) is 42.4 Å². The Morgan fingerprint density at radius 3 is 2.25 bits per heavy atom. The van der Waals surface area contributed by atoms with Crippen molar-refractivity contribution in [3.8, 4) is 11.8 Å². The molecule has 0 aliphatic carbocycles. The minimum absolute atomic E-state index is 0.134. The predicted molar refractivity (Wildman–Crippen MR) is 114 cm³/mol. The topological polar surface area (TPSA) is 49.0 Å². The first kappa shape index (κ1) is 19.2. The Kier molecular flexibility index (Phi) is 5.47. The van der Waals surface area contributed by atoms with Crippen molar-refractivity contribution in [1.29, 1.82) is 5.26 Å². The molecule has 140 valence electrons. The van der Waals surface area contributed by atoms with Gasteiger partial charge in [-0.15, -0.1) is 0 Å². The third-order valence-electron chi connectivity index (χ3n) is 4.80. The fourth-order valence-electron chi connectivity index (χ4n) is 3.28. The van der Waals surface area contributed by atoms with Gasteiger partial charge >= 0.3 is 0 Å². The summed E-state index contributed by atoms with van der Waals surface area (Å²) in [6, 6.07) is 21.3. The molecule has 0 saturated carbocycles. The van der Waals surface area contributed by atoms with Crippen LogP contribution in [0, 0.1) is 25.2 Å². The lowest BCUT2D eigenvalue weighted by atomic mass is 10.0. The van der Waals surface area contributed by atoms with E-state index in [-0.39, 0.29) is 11.4 Å². The minimum atomic E-state index is -0.261. The van der Waals surface area contributed by atoms with Gasteiger partial charge in [-0.3, -0.25) is 4.79 Å². The molecular weight excluding hydrogens is 346 g/mol. The Balaban J connectivity index is 2.00. The van der Waals surface area contributed by atoms with Gasteiger partial charge in [0.2, 0.25) is 5.78 Å². The van der Waals surface area contributed by atoms with Crippen LogP contribution in [0.15, 0.2) is 66.2 Å². The molecule has 1 aromatic heterocycles. The highest BCUT2D eigenvalue weighted by atomic mass is 16.1. The molecule has 0 unspecified atom stereocenters. The van der Waals surface area contributed by atoms with Crippen molar-refractivity contribution in [2.45, 2.75) is 13.8 Å². The number of anilines is 1. The van der Waals surface area contributed by atoms with Crippen molar-refractivity contribution in [3.63, 3.8) is 0 Å². The molecule has 0 aliphatic heterocycles. The summed E-state index contributed by atoms with van der Waals surface area (Å²) in [5.74, 6) is -0.261. The average Bonchev–Trinajstić information content (AvgIpc) is 2.99. The van der Waals surface area contributed by atoms with Crippen molar-refractivity contribution < 1.29 is 4.79 Å². The first-order valence-electron chi connectivity index (χ1n) is 9.10. The maximum atomic E-state index is 12.7. The monoisotopic (exact) mass is 369 g/mol. The lowest BCUT2D eigenvalue weighted by Crippen LogP contribution is -2.08. The Labute approximate surface area is 166 Å². The number of nitrogens with zero attached hydrogens (tertiary/aromatic N) is 3. The summed E-state index contributed by atoms with van der Waals surface area (Å²) < 4.78 is 2.13. The summed E-state index contributed by atoms with van der Waals surface area (Å²) in [5, 5.41) is 9.54. The zero-order valence-corrected chi connectivity index (χ0v) is 16.6. The summed E-state index contributed by atoms with van der Waals surface area (Å²) in [7, 11) is 4.02. The first-order valence-corrected chi connectivity index (χ1v) is 9.10. The number of benzene rings is 2. The predicted octanol–water partition coefficient (Wildman–Crippen LogP) is 4.95. The van der Waals surface area contributed by atoms with Crippen molar-refractivity contribution in [2.24, 2.45) is 0 Å². The molecule has 4 nitrogen and oxygen atoms in total. The SMILES string of the molecule is Cc1cc(C=C(C#N)C(=O)c2ccccc2)c(C)n1-c1ccc(N(C)C)cc1. The van der Waals surface area contributed by atoms with Crippen LogP contribution in [0.3, 0.4) is 0 Å². The minimum Gasteiger partial charge on any atom is -0.378 e. The molecule has 0 N–H and O–H groups in total. The molecule has 3 aromatic rings. The van der Waals surface area contributed by atoms with Crippen LogP contribution in [0.5, 0.6) is 0 Å². The van der Waals surface area contributed by atoms with Gasteiger partial charge in [-0.2, -0.15) is 5.26 Å². The second-order valence-corrected chi connectivity index (χ2v) is 6.94. The summed E-state index contributed by atoms with van der Waals surface area (Å²) in [6.07, 6.45) is 1.68. The van der Waals surface area contributed by atoms with Crippen molar-refractivity contribution in [3.05, 3.63) is 88.8 Å². The standard InChI is InChI=1S/C24H23N3O/c1-17-14-20(15-21(16-25)24(28)19-8-6-5-7-9-19)18(2)27(17)23-12-10-22(11-13-23)26(3)4/h5-15H,1-4H3. The fourth-order valence-corrected chi connectivity index (χ4v) is 3.28. The number of rotatable bonds is 5. The van der Waals surface area contributed by atoms with E-state index in [1.165, 1.54) is 0 Å². The van der Waals surface area contributed by atoms with E-state index in [4.69, 9.17) is 0 Å². The van der Waals surface area contributed by atoms with E-state index in [1.54, 1.807) is 30.3 Å². The van der Waals surface area contributed by atoms with Crippen molar-refractivity contribution in [1.82, 2.24) is 4.57 Å². The Hall–Kier alpha value is -3.58. The third kappa shape index (κ3) is 3.74. The molecule has 0 bridgehead atoms. The zero-order valence-electron chi connectivity index (χ0n) is 16.6. The molecule has 1 heterocycles. The summed E-state index contributed by atoms with van der Waals surface area (Å²) in [5.41, 5.74) is 5.74. The number of carbonyl (C=O) groups is 1. The van der Waals surface area contributed by atoms with Crippen LogP contribution in [0.25, 0.3) is 11.8 Å². The summed E-state index contributed by atoms with van der Waals surface area (Å²) in [6.45, 7) is 4.02. The van der Waals surface area contributed by atoms with E-state index in [0.717, 1.165) is 28.3 Å². The number of Topliss-reactive ketones (excluding diaryl/α,β-unsaturated/α-hetero) is 1. The molecule has 2 aromatic carbocycles. The smallest absolute Gasteiger partial charge is 0.203 e.